The fraction of sp³-hybridized carbons (Fsp3) is 0.462. The van der Waals surface area contributed by atoms with Crippen LogP contribution in [0.25, 0.3) is 0 Å². The van der Waals surface area contributed by atoms with Crippen LogP contribution in [0.2, 0.25) is 5.02 Å². The van der Waals surface area contributed by atoms with E-state index in [1.807, 2.05) is 56.3 Å². The van der Waals surface area contributed by atoms with Crippen LogP contribution in [0.3, 0.4) is 0 Å². The second-order valence-electron chi connectivity index (χ2n) is 7.99. The Morgan fingerprint density at radius 3 is 2.50 bits per heavy atom. The first-order chi connectivity index (χ1) is 15.4. The molecule has 0 saturated carbocycles. The number of hydrogen-bond acceptors (Lipinski definition) is 3. The third-order valence-corrected chi connectivity index (χ3v) is 6.62. The van der Waals surface area contributed by atoms with Crippen LogP contribution in [0, 0.1) is 6.92 Å². The van der Waals surface area contributed by atoms with Gasteiger partial charge in [-0.3, -0.25) is 9.59 Å². The number of halogens is 1. The standard InChI is InChI=1S/C26H35ClN2O2S/c1-4-6-16-28-26(31)24(5-2)29(19-21-10-7-9-20(3)18-21)25(30)11-8-17-32-23-14-12-22(27)13-15-23/h7,9-10,12-15,18,24H,4-6,8,11,16-17,19H2,1-3H3,(H,28,31)/t24-/m0/s1. The molecule has 6 heteroatoms. The lowest BCUT2D eigenvalue weighted by atomic mass is 10.1. The average Bonchev–Trinajstić information content (AvgIpc) is 2.78. The van der Waals surface area contributed by atoms with E-state index in [2.05, 4.69) is 18.3 Å². The second kappa shape index (κ2) is 14.2. The van der Waals surface area contributed by atoms with Crippen molar-refractivity contribution < 1.29 is 9.59 Å². The van der Waals surface area contributed by atoms with Crippen molar-refractivity contribution in [3.63, 3.8) is 0 Å². The molecule has 0 fully saturated rings. The number of carbonyl (C=O) groups excluding carboxylic acids is 2. The van der Waals surface area contributed by atoms with Crippen LogP contribution in [-0.2, 0) is 16.1 Å². The Morgan fingerprint density at radius 2 is 1.84 bits per heavy atom. The van der Waals surface area contributed by atoms with Gasteiger partial charge in [0.2, 0.25) is 11.8 Å². The Bertz CT molecular complexity index is 857. The van der Waals surface area contributed by atoms with E-state index in [0.717, 1.165) is 46.1 Å². The van der Waals surface area contributed by atoms with Crippen molar-refractivity contribution >= 4 is 35.2 Å². The van der Waals surface area contributed by atoms with Crippen molar-refractivity contribution in [2.24, 2.45) is 0 Å². The summed E-state index contributed by atoms with van der Waals surface area (Å²) in [5.41, 5.74) is 2.20. The quantitative estimate of drug-likeness (QED) is 0.276. The SMILES string of the molecule is CCCCNC(=O)[C@H](CC)N(Cc1cccc(C)c1)C(=O)CCCSc1ccc(Cl)cc1. The lowest BCUT2D eigenvalue weighted by molar-refractivity contribution is -0.141. The van der Waals surface area contributed by atoms with E-state index in [9.17, 15) is 9.59 Å². The summed E-state index contributed by atoms with van der Waals surface area (Å²) in [6, 6.07) is 15.4. The molecule has 0 saturated heterocycles. The van der Waals surface area contributed by atoms with Crippen molar-refractivity contribution in [2.75, 3.05) is 12.3 Å². The number of benzene rings is 2. The Kier molecular flexibility index (Phi) is 11.7. The molecule has 0 aliphatic carbocycles. The number of aryl methyl sites for hydroxylation is 1. The maximum absolute atomic E-state index is 13.2. The van der Waals surface area contributed by atoms with E-state index in [-0.39, 0.29) is 11.8 Å². The van der Waals surface area contributed by atoms with Gasteiger partial charge < -0.3 is 10.2 Å². The highest BCUT2D eigenvalue weighted by atomic mass is 35.5. The smallest absolute Gasteiger partial charge is 0.242 e. The lowest BCUT2D eigenvalue weighted by Crippen LogP contribution is -2.49. The molecule has 1 N–H and O–H groups in total. The third kappa shape index (κ3) is 8.87. The summed E-state index contributed by atoms with van der Waals surface area (Å²) >= 11 is 7.66. The van der Waals surface area contributed by atoms with Gasteiger partial charge in [-0.25, -0.2) is 0 Å². The maximum atomic E-state index is 13.2. The first-order valence-corrected chi connectivity index (χ1v) is 12.8. The molecule has 0 radical (unpaired) electrons. The molecule has 4 nitrogen and oxygen atoms in total. The maximum Gasteiger partial charge on any atom is 0.242 e. The zero-order chi connectivity index (χ0) is 23.3. The summed E-state index contributed by atoms with van der Waals surface area (Å²) in [4.78, 5) is 29.0. The van der Waals surface area contributed by atoms with Gasteiger partial charge in [0.15, 0.2) is 0 Å². The summed E-state index contributed by atoms with van der Waals surface area (Å²) in [6.45, 7) is 7.20. The molecule has 2 amide bonds. The fourth-order valence-electron chi connectivity index (χ4n) is 3.52. The monoisotopic (exact) mass is 474 g/mol. The molecule has 0 heterocycles. The average molecular weight is 475 g/mol. The fourth-order valence-corrected chi connectivity index (χ4v) is 4.50. The van der Waals surface area contributed by atoms with Crippen molar-refractivity contribution in [2.45, 2.75) is 70.4 Å². The minimum atomic E-state index is -0.455. The van der Waals surface area contributed by atoms with Crippen LogP contribution >= 0.6 is 23.4 Å². The van der Waals surface area contributed by atoms with Gasteiger partial charge in [0.25, 0.3) is 0 Å². The van der Waals surface area contributed by atoms with E-state index < -0.39 is 6.04 Å². The Morgan fingerprint density at radius 1 is 1.09 bits per heavy atom. The van der Waals surface area contributed by atoms with Gasteiger partial charge in [-0.05, 0) is 61.8 Å². The van der Waals surface area contributed by atoms with Gasteiger partial charge in [-0.15, -0.1) is 11.8 Å². The van der Waals surface area contributed by atoms with Gasteiger partial charge in [-0.1, -0.05) is 61.7 Å². The minimum Gasteiger partial charge on any atom is -0.354 e. The zero-order valence-electron chi connectivity index (χ0n) is 19.4. The van der Waals surface area contributed by atoms with E-state index in [1.165, 1.54) is 0 Å². The van der Waals surface area contributed by atoms with Crippen molar-refractivity contribution in [3.8, 4) is 0 Å². The van der Waals surface area contributed by atoms with Crippen LogP contribution in [0.4, 0.5) is 0 Å². The van der Waals surface area contributed by atoms with Crippen LogP contribution in [0.1, 0.15) is 57.1 Å². The van der Waals surface area contributed by atoms with Crippen molar-refractivity contribution in [3.05, 3.63) is 64.7 Å². The van der Waals surface area contributed by atoms with E-state index in [0.29, 0.717) is 25.9 Å². The number of thioether (sulfide) groups is 1. The molecule has 0 spiro atoms. The molecule has 0 aliphatic rings. The molecular formula is C26H35ClN2O2S. The molecule has 2 aromatic rings. The molecule has 0 aromatic heterocycles. The van der Waals surface area contributed by atoms with Crippen molar-refractivity contribution in [1.29, 1.82) is 0 Å². The molecule has 0 unspecified atom stereocenters. The van der Waals surface area contributed by atoms with Crippen LogP contribution in [-0.4, -0.2) is 35.1 Å². The molecule has 2 rings (SSSR count). The number of nitrogens with zero attached hydrogens (tertiary/aromatic N) is 1. The second-order valence-corrected chi connectivity index (χ2v) is 9.59. The normalized spacial score (nSPS) is 11.8. The number of unbranched alkanes of at least 4 members (excludes halogenated alkanes) is 1. The van der Waals surface area contributed by atoms with E-state index in [1.54, 1.807) is 16.7 Å². The van der Waals surface area contributed by atoms with Crippen LogP contribution in [0.5, 0.6) is 0 Å². The summed E-state index contributed by atoms with van der Waals surface area (Å²) in [6.07, 6.45) is 3.73. The molecule has 2 aromatic carbocycles. The molecule has 1 atom stereocenters. The summed E-state index contributed by atoms with van der Waals surface area (Å²) in [5.74, 6) is 0.809. The Labute approximate surface area is 202 Å². The first-order valence-electron chi connectivity index (χ1n) is 11.5. The molecule has 0 bridgehead atoms. The third-order valence-electron chi connectivity index (χ3n) is 5.27. The number of amides is 2. The summed E-state index contributed by atoms with van der Waals surface area (Å²) in [5, 5.41) is 3.73. The summed E-state index contributed by atoms with van der Waals surface area (Å²) < 4.78 is 0. The number of hydrogen-bond donors (Lipinski definition) is 1. The predicted octanol–water partition coefficient (Wildman–Crippen LogP) is 6.24. The topological polar surface area (TPSA) is 49.4 Å². The van der Waals surface area contributed by atoms with Crippen LogP contribution < -0.4 is 5.32 Å². The van der Waals surface area contributed by atoms with E-state index >= 15 is 0 Å². The Balaban J connectivity index is 2.03. The Hall–Kier alpha value is -1.98. The summed E-state index contributed by atoms with van der Waals surface area (Å²) in [7, 11) is 0. The minimum absolute atomic E-state index is 0.0284. The first kappa shape index (κ1) is 26.3. The molecule has 32 heavy (non-hydrogen) atoms. The molecule has 174 valence electrons. The van der Waals surface area contributed by atoms with Gasteiger partial charge in [0.05, 0.1) is 0 Å². The highest BCUT2D eigenvalue weighted by Gasteiger charge is 2.28. The van der Waals surface area contributed by atoms with Gasteiger partial charge in [0, 0.05) is 29.4 Å². The largest absolute Gasteiger partial charge is 0.354 e. The molecule has 0 aliphatic heterocycles. The highest BCUT2D eigenvalue weighted by Crippen LogP contribution is 2.22. The molecular weight excluding hydrogens is 440 g/mol. The zero-order valence-corrected chi connectivity index (χ0v) is 21.0. The number of nitrogens with one attached hydrogen (secondary N) is 1. The number of rotatable bonds is 13. The lowest BCUT2D eigenvalue weighted by Gasteiger charge is -2.31. The van der Waals surface area contributed by atoms with E-state index in [4.69, 9.17) is 11.6 Å². The van der Waals surface area contributed by atoms with Crippen LogP contribution in [0.15, 0.2) is 53.4 Å². The predicted molar refractivity (Wildman–Crippen MR) is 135 cm³/mol. The van der Waals surface area contributed by atoms with Gasteiger partial charge >= 0.3 is 0 Å². The van der Waals surface area contributed by atoms with Gasteiger partial charge in [0.1, 0.15) is 6.04 Å². The number of carbonyl (C=O) groups is 2. The van der Waals surface area contributed by atoms with Gasteiger partial charge in [-0.2, -0.15) is 0 Å². The van der Waals surface area contributed by atoms with Crippen molar-refractivity contribution in [1.82, 2.24) is 10.2 Å². The highest BCUT2D eigenvalue weighted by molar-refractivity contribution is 7.99.